The molecule has 1 aromatic carbocycles. The zero-order chi connectivity index (χ0) is 18.0. The van der Waals surface area contributed by atoms with Crippen molar-refractivity contribution in [3.05, 3.63) is 39.9 Å². The van der Waals surface area contributed by atoms with Crippen LogP contribution in [0.15, 0.2) is 29.3 Å². The highest BCUT2D eigenvalue weighted by Crippen LogP contribution is 2.26. The number of hydrogen-bond acceptors (Lipinski definition) is 7. The molecule has 1 N–H and O–H groups in total. The molecular weight excluding hydrogens is 396 g/mol. The highest BCUT2D eigenvalue weighted by atomic mass is 35.5. The Kier molecular flexibility index (Phi) is 5.87. The van der Waals surface area contributed by atoms with Crippen molar-refractivity contribution in [1.29, 1.82) is 0 Å². The van der Waals surface area contributed by atoms with Crippen LogP contribution in [0, 0.1) is 6.92 Å². The molecule has 0 aliphatic rings. The lowest BCUT2D eigenvalue weighted by atomic mass is 10.2. The number of nitrogens with one attached hydrogen (secondary N) is 1. The van der Waals surface area contributed by atoms with Gasteiger partial charge in [-0.2, -0.15) is 8.42 Å². The standard InChI is InChI=1S/C13H15ClN2O5S3/c1-9-11(14)4-3-5-12(9)24(19,20)16-13-15-8-10(22-13)6-7-21-23(2,17)18/h3-5,8H,6-7H2,1-2H3,(H,15,16). The van der Waals surface area contributed by atoms with E-state index in [-0.39, 0.29) is 16.6 Å². The van der Waals surface area contributed by atoms with Crippen LogP contribution in [-0.4, -0.2) is 34.7 Å². The van der Waals surface area contributed by atoms with E-state index >= 15 is 0 Å². The van der Waals surface area contributed by atoms with Gasteiger partial charge in [-0.25, -0.2) is 13.4 Å². The summed E-state index contributed by atoms with van der Waals surface area (Å²) in [7, 11) is -7.31. The van der Waals surface area contributed by atoms with Gasteiger partial charge in [-0.3, -0.25) is 8.91 Å². The lowest BCUT2D eigenvalue weighted by molar-refractivity contribution is 0.327. The van der Waals surface area contributed by atoms with E-state index in [0.717, 1.165) is 17.6 Å². The normalized spacial score (nSPS) is 12.3. The number of hydrogen-bond donors (Lipinski definition) is 1. The zero-order valence-corrected chi connectivity index (χ0v) is 16.0. The van der Waals surface area contributed by atoms with Crippen LogP contribution in [-0.2, 0) is 30.7 Å². The Labute approximate surface area is 149 Å². The summed E-state index contributed by atoms with van der Waals surface area (Å²) in [5, 5.41) is 0.541. The summed E-state index contributed by atoms with van der Waals surface area (Å²) in [6.45, 7) is 1.59. The van der Waals surface area contributed by atoms with E-state index in [4.69, 9.17) is 11.6 Å². The van der Waals surface area contributed by atoms with E-state index in [1.165, 1.54) is 12.3 Å². The predicted molar refractivity (Wildman–Crippen MR) is 93.6 cm³/mol. The van der Waals surface area contributed by atoms with E-state index < -0.39 is 20.1 Å². The van der Waals surface area contributed by atoms with Crippen molar-refractivity contribution in [2.24, 2.45) is 0 Å². The molecule has 0 saturated carbocycles. The lowest BCUT2D eigenvalue weighted by Crippen LogP contribution is -2.14. The molecule has 1 aromatic heterocycles. The molecule has 0 fully saturated rings. The predicted octanol–water partition coefficient (Wildman–Crippen LogP) is 2.42. The van der Waals surface area contributed by atoms with Gasteiger partial charge in [0.15, 0.2) is 5.13 Å². The van der Waals surface area contributed by atoms with Crippen molar-refractivity contribution < 1.29 is 21.0 Å². The van der Waals surface area contributed by atoms with Gasteiger partial charge in [0.05, 0.1) is 17.8 Å². The third-order valence-corrected chi connectivity index (χ3v) is 6.52. The molecule has 0 amide bonds. The van der Waals surface area contributed by atoms with Crippen LogP contribution in [0.2, 0.25) is 5.02 Å². The smallest absolute Gasteiger partial charge is 0.264 e. The van der Waals surface area contributed by atoms with Crippen LogP contribution in [0.3, 0.4) is 0 Å². The average molecular weight is 411 g/mol. The highest BCUT2D eigenvalue weighted by molar-refractivity contribution is 7.93. The zero-order valence-electron chi connectivity index (χ0n) is 12.8. The molecule has 0 radical (unpaired) electrons. The number of anilines is 1. The van der Waals surface area contributed by atoms with Gasteiger partial charge in [0, 0.05) is 22.5 Å². The fourth-order valence-electron chi connectivity index (χ4n) is 1.81. The number of nitrogens with zero attached hydrogens (tertiary/aromatic N) is 1. The molecule has 132 valence electrons. The minimum atomic E-state index is -3.81. The number of rotatable bonds is 7. The van der Waals surface area contributed by atoms with Crippen molar-refractivity contribution in [3.8, 4) is 0 Å². The molecule has 0 bridgehead atoms. The Balaban J connectivity index is 2.10. The van der Waals surface area contributed by atoms with E-state index in [2.05, 4.69) is 13.9 Å². The molecule has 1 heterocycles. The fraction of sp³-hybridized carbons (Fsp3) is 0.308. The number of sulfonamides is 1. The summed E-state index contributed by atoms with van der Waals surface area (Å²) in [6, 6.07) is 4.62. The maximum Gasteiger partial charge on any atom is 0.264 e. The van der Waals surface area contributed by atoms with Crippen LogP contribution in [0.4, 0.5) is 5.13 Å². The first-order chi connectivity index (χ1) is 11.1. The van der Waals surface area contributed by atoms with Gasteiger partial charge >= 0.3 is 0 Å². The molecule has 0 saturated heterocycles. The van der Waals surface area contributed by atoms with Crippen molar-refractivity contribution in [1.82, 2.24) is 4.98 Å². The SMILES string of the molecule is Cc1c(Cl)cccc1S(=O)(=O)Nc1ncc(CCOS(C)(=O)=O)s1. The van der Waals surface area contributed by atoms with Gasteiger partial charge in [0.25, 0.3) is 20.1 Å². The van der Waals surface area contributed by atoms with Gasteiger partial charge in [-0.15, -0.1) is 11.3 Å². The summed E-state index contributed by atoms with van der Waals surface area (Å²) >= 11 is 7.06. The molecule has 0 unspecified atom stereocenters. The quantitative estimate of drug-likeness (QED) is 0.703. The highest BCUT2D eigenvalue weighted by Gasteiger charge is 2.19. The van der Waals surface area contributed by atoms with Crippen molar-refractivity contribution in [3.63, 3.8) is 0 Å². The third-order valence-electron chi connectivity index (χ3n) is 2.93. The maximum atomic E-state index is 12.4. The van der Waals surface area contributed by atoms with Crippen molar-refractivity contribution in [2.75, 3.05) is 17.6 Å². The average Bonchev–Trinajstić information content (AvgIpc) is 2.87. The Hall–Kier alpha value is -1.20. The molecular formula is C13H15ClN2O5S3. The summed E-state index contributed by atoms with van der Waals surface area (Å²) in [6.07, 6.45) is 2.74. The van der Waals surface area contributed by atoms with E-state index in [1.54, 1.807) is 19.1 Å². The van der Waals surface area contributed by atoms with Crippen LogP contribution < -0.4 is 4.72 Å². The summed E-state index contributed by atoms with van der Waals surface area (Å²) in [5.41, 5.74) is 0.449. The van der Waals surface area contributed by atoms with Gasteiger partial charge in [0.1, 0.15) is 0 Å². The molecule has 7 nitrogen and oxygen atoms in total. The van der Waals surface area contributed by atoms with E-state index in [9.17, 15) is 16.8 Å². The second-order valence-corrected chi connectivity index (χ2v) is 9.69. The fourth-order valence-corrected chi connectivity index (χ4v) is 4.73. The van der Waals surface area contributed by atoms with Crippen LogP contribution in [0.5, 0.6) is 0 Å². The Morgan fingerprint density at radius 2 is 2.00 bits per heavy atom. The van der Waals surface area contributed by atoms with Crippen LogP contribution >= 0.6 is 22.9 Å². The Morgan fingerprint density at radius 1 is 1.29 bits per heavy atom. The van der Waals surface area contributed by atoms with Gasteiger partial charge < -0.3 is 0 Å². The second kappa shape index (κ2) is 7.36. The maximum absolute atomic E-state index is 12.4. The molecule has 0 spiro atoms. The Bertz CT molecular complexity index is 938. The molecule has 0 aliphatic heterocycles. The minimum absolute atomic E-state index is 0.0272. The minimum Gasteiger partial charge on any atom is -0.270 e. The number of aromatic nitrogens is 1. The number of benzene rings is 1. The molecule has 24 heavy (non-hydrogen) atoms. The Morgan fingerprint density at radius 3 is 2.67 bits per heavy atom. The van der Waals surface area contributed by atoms with Gasteiger partial charge in [0.2, 0.25) is 0 Å². The molecule has 11 heteroatoms. The lowest BCUT2D eigenvalue weighted by Gasteiger charge is -2.09. The monoisotopic (exact) mass is 410 g/mol. The number of halogens is 1. The first-order valence-corrected chi connectivity index (χ1v) is 11.1. The summed E-state index contributed by atoms with van der Waals surface area (Å²) < 4.78 is 53.7. The summed E-state index contributed by atoms with van der Waals surface area (Å²) in [4.78, 5) is 4.75. The van der Waals surface area contributed by atoms with E-state index in [1.807, 2.05) is 0 Å². The third kappa shape index (κ3) is 5.15. The number of thiazole rings is 1. The first-order valence-electron chi connectivity index (χ1n) is 6.65. The molecule has 2 rings (SSSR count). The second-order valence-electron chi connectivity index (χ2n) is 4.88. The van der Waals surface area contributed by atoms with Gasteiger partial charge in [-0.05, 0) is 24.6 Å². The van der Waals surface area contributed by atoms with Gasteiger partial charge in [-0.1, -0.05) is 17.7 Å². The molecule has 0 atom stereocenters. The molecule has 2 aromatic rings. The van der Waals surface area contributed by atoms with Crippen molar-refractivity contribution in [2.45, 2.75) is 18.2 Å². The largest absolute Gasteiger partial charge is 0.270 e. The van der Waals surface area contributed by atoms with Crippen LogP contribution in [0.1, 0.15) is 10.4 Å². The van der Waals surface area contributed by atoms with E-state index in [0.29, 0.717) is 21.9 Å². The van der Waals surface area contributed by atoms with Crippen molar-refractivity contribution >= 4 is 48.2 Å². The van der Waals surface area contributed by atoms with Crippen LogP contribution in [0.25, 0.3) is 0 Å². The topological polar surface area (TPSA) is 102 Å². The molecule has 0 aliphatic carbocycles. The summed E-state index contributed by atoms with van der Waals surface area (Å²) in [5.74, 6) is 0. The first kappa shape index (κ1) is 19.1.